The normalized spacial score (nSPS) is 9.86. The van der Waals surface area contributed by atoms with E-state index in [-0.39, 0.29) is 24.0 Å². The Labute approximate surface area is 103 Å². The maximum absolute atomic E-state index is 5.42. The highest BCUT2D eigenvalue weighted by Crippen LogP contribution is 2.00. The summed E-state index contributed by atoms with van der Waals surface area (Å²) in [5.41, 5.74) is 5.42. The third kappa shape index (κ3) is 5.59. The van der Waals surface area contributed by atoms with Gasteiger partial charge in [-0.25, -0.2) is 9.13 Å². The van der Waals surface area contributed by atoms with Gasteiger partial charge in [-0.2, -0.15) is 0 Å². The number of halogens is 1. The van der Waals surface area contributed by atoms with Crippen LogP contribution in [0.1, 0.15) is 25.7 Å². The minimum Gasteiger partial charge on any atom is -1.00 e. The average Bonchev–Trinajstić information content (AvgIpc) is 2.51. The van der Waals surface area contributed by atoms with Gasteiger partial charge in [0.05, 0.1) is 13.6 Å². The number of unbranched alkanes of at least 4 members (excludes halogenated alkanes) is 3. The molecule has 0 saturated carbocycles. The van der Waals surface area contributed by atoms with E-state index in [1.54, 1.807) is 0 Å². The highest BCUT2D eigenvalue weighted by Gasteiger charge is 1.98. The van der Waals surface area contributed by atoms with E-state index in [9.17, 15) is 0 Å². The predicted molar refractivity (Wildman–Crippen MR) is 53.1 cm³/mol. The fourth-order valence-electron chi connectivity index (χ4n) is 1.43. The zero-order chi connectivity index (χ0) is 9.52. The fraction of sp³-hybridized carbons (Fsp3) is 0.700. The van der Waals surface area contributed by atoms with Crippen molar-refractivity contribution in [1.29, 1.82) is 0 Å². The van der Waals surface area contributed by atoms with Crippen LogP contribution in [0.15, 0.2) is 18.7 Å². The average molecular weight is 309 g/mol. The zero-order valence-corrected chi connectivity index (χ0v) is 11.0. The van der Waals surface area contributed by atoms with E-state index in [0.717, 1.165) is 13.1 Å². The molecule has 1 aromatic heterocycles. The van der Waals surface area contributed by atoms with Crippen molar-refractivity contribution in [3.8, 4) is 0 Å². The quantitative estimate of drug-likeness (QED) is 0.362. The lowest BCUT2D eigenvalue weighted by atomic mass is 10.2. The van der Waals surface area contributed by atoms with Crippen LogP contribution < -0.4 is 34.3 Å². The predicted octanol–water partition coefficient (Wildman–Crippen LogP) is -2.16. The Morgan fingerprint density at radius 1 is 1.21 bits per heavy atom. The van der Waals surface area contributed by atoms with Crippen LogP contribution in [0.5, 0.6) is 0 Å². The minimum absolute atomic E-state index is 0. The molecule has 14 heavy (non-hydrogen) atoms. The summed E-state index contributed by atoms with van der Waals surface area (Å²) in [6.07, 6.45) is 11.3. The van der Waals surface area contributed by atoms with E-state index in [1.807, 2.05) is 7.05 Å². The number of nitrogens with two attached hydrogens (primary N) is 1. The van der Waals surface area contributed by atoms with Gasteiger partial charge in [0.15, 0.2) is 0 Å². The van der Waals surface area contributed by atoms with Gasteiger partial charge in [0.2, 0.25) is 6.33 Å². The summed E-state index contributed by atoms with van der Waals surface area (Å²) < 4.78 is 4.29. The van der Waals surface area contributed by atoms with Crippen molar-refractivity contribution in [2.75, 3.05) is 6.54 Å². The standard InChI is InChI=1S/C10H20N3.HI/c1-12-8-9-13(10-12)7-5-3-2-4-6-11;/h8-10H,2-7,11H2,1H3;1H/q+1;/p-1. The van der Waals surface area contributed by atoms with E-state index in [0.29, 0.717) is 0 Å². The molecule has 0 unspecified atom stereocenters. The highest BCUT2D eigenvalue weighted by molar-refractivity contribution is 4.65. The van der Waals surface area contributed by atoms with Gasteiger partial charge in [-0.3, -0.25) is 0 Å². The SMILES string of the molecule is C[n+]1ccn(CCCCCCN)c1.[I-]. The summed E-state index contributed by atoms with van der Waals surface area (Å²) in [7, 11) is 2.05. The molecule has 3 nitrogen and oxygen atoms in total. The summed E-state index contributed by atoms with van der Waals surface area (Å²) in [5, 5.41) is 0. The molecule has 2 N–H and O–H groups in total. The second kappa shape index (κ2) is 8.23. The number of hydrogen-bond acceptors (Lipinski definition) is 1. The molecule has 0 aliphatic carbocycles. The molecule has 4 heteroatoms. The minimum atomic E-state index is 0. The Hall–Kier alpha value is -0.100. The molecule has 0 bridgehead atoms. The Morgan fingerprint density at radius 2 is 1.93 bits per heavy atom. The first kappa shape index (κ1) is 13.9. The number of aromatic nitrogens is 2. The topological polar surface area (TPSA) is 34.8 Å². The van der Waals surface area contributed by atoms with Crippen LogP contribution in [0.4, 0.5) is 0 Å². The van der Waals surface area contributed by atoms with Gasteiger partial charge in [0.25, 0.3) is 0 Å². The van der Waals surface area contributed by atoms with Gasteiger partial charge in [-0.05, 0) is 25.8 Å². The number of imidazole rings is 1. The fourth-order valence-corrected chi connectivity index (χ4v) is 1.43. The van der Waals surface area contributed by atoms with E-state index in [2.05, 4.69) is 27.9 Å². The summed E-state index contributed by atoms with van der Waals surface area (Å²) in [6.45, 7) is 1.96. The third-order valence-electron chi connectivity index (χ3n) is 2.19. The van der Waals surface area contributed by atoms with Crippen molar-refractivity contribution >= 4 is 0 Å². The number of aryl methyl sites for hydroxylation is 2. The van der Waals surface area contributed by atoms with Gasteiger partial charge in [-0.1, -0.05) is 6.42 Å². The molecule has 0 aliphatic heterocycles. The highest BCUT2D eigenvalue weighted by atomic mass is 127. The van der Waals surface area contributed by atoms with Gasteiger partial charge < -0.3 is 29.7 Å². The Kier molecular flexibility index (Phi) is 8.17. The zero-order valence-electron chi connectivity index (χ0n) is 8.82. The molecule has 1 heterocycles. The van der Waals surface area contributed by atoms with E-state index in [4.69, 9.17) is 5.73 Å². The monoisotopic (exact) mass is 309 g/mol. The van der Waals surface area contributed by atoms with Gasteiger partial charge in [-0.15, -0.1) is 0 Å². The first-order chi connectivity index (χ1) is 6.33. The van der Waals surface area contributed by atoms with Gasteiger partial charge >= 0.3 is 0 Å². The van der Waals surface area contributed by atoms with E-state index >= 15 is 0 Å². The van der Waals surface area contributed by atoms with Crippen molar-refractivity contribution in [2.24, 2.45) is 12.8 Å². The molecule has 0 aliphatic rings. The lowest BCUT2D eigenvalue weighted by Crippen LogP contribution is -3.00. The molecule has 0 amide bonds. The van der Waals surface area contributed by atoms with Crippen LogP contribution >= 0.6 is 0 Å². The number of hydrogen-bond donors (Lipinski definition) is 1. The number of rotatable bonds is 6. The second-order valence-corrected chi connectivity index (χ2v) is 3.52. The molecule has 0 radical (unpaired) electrons. The lowest BCUT2D eigenvalue weighted by molar-refractivity contribution is -0.671. The molecule has 0 atom stereocenters. The smallest absolute Gasteiger partial charge is 0.243 e. The summed E-state index contributed by atoms with van der Waals surface area (Å²) in [6, 6.07) is 0. The molecule has 0 spiro atoms. The van der Waals surface area contributed by atoms with Crippen LogP contribution in [0.2, 0.25) is 0 Å². The van der Waals surface area contributed by atoms with E-state index in [1.165, 1.54) is 25.7 Å². The Morgan fingerprint density at radius 3 is 2.50 bits per heavy atom. The van der Waals surface area contributed by atoms with Crippen LogP contribution in [0.25, 0.3) is 0 Å². The van der Waals surface area contributed by atoms with Crippen LogP contribution in [-0.4, -0.2) is 11.1 Å². The van der Waals surface area contributed by atoms with Crippen molar-refractivity contribution in [3.63, 3.8) is 0 Å². The Bertz CT molecular complexity index is 235. The van der Waals surface area contributed by atoms with Crippen molar-refractivity contribution in [2.45, 2.75) is 32.2 Å². The summed E-state index contributed by atoms with van der Waals surface area (Å²) in [5.74, 6) is 0. The molecule has 0 saturated heterocycles. The summed E-state index contributed by atoms with van der Waals surface area (Å²) in [4.78, 5) is 0. The molecule has 0 aromatic carbocycles. The number of nitrogens with zero attached hydrogens (tertiary/aromatic N) is 2. The lowest BCUT2D eigenvalue weighted by Gasteiger charge is -1.97. The molecule has 0 fully saturated rings. The van der Waals surface area contributed by atoms with Crippen molar-refractivity contribution < 1.29 is 28.5 Å². The van der Waals surface area contributed by atoms with Crippen molar-refractivity contribution in [3.05, 3.63) is 18.7 Å². The largest absolute Gasteiger partial charge is 1.00 e. The molecule has 1 aromatic rings. The van der Waals surface area contributed by atoms with E-state index < -0.39 is 0 Å². The maximum Gasteiger partial charge on any atom is 0.243 e. The third-order valence-corrected chi connectivity index (χ3v) is 2.19. The Balaban J connectivity index is 0.00000169. The van der Waals surface area contributed by atoms with Crippen LogP contribution in [0.3, 0.4) is 0 Å². The first-order valence-electron chi connectivity index (χ1n) is 5.04. The maximum atomic E-state index is 5.42. The molecular formula is C10H20IN3. The van der Waals surface area contributed by atoms with Crippen LogP contribution in [-0.2, 0) is 13.6 Å². The molecule has 82 valence electrons. The van der Waals surface area contributed by atoms with Crippen molar-refractivity contribution in [1.82, 2.24) is 4.57 Å². The second-order valence-electron chi connectivity index (χ2n) is 3.52. The summed E-state index contributed by atoms with van der Waals surface area (Å²) >= 11 is 0. The molecule has 1 rings (SSSR count). The molecular weight excluding hydrogens is 289 g/mol. The van der Waals surface area contributed by atoms with Gasteiger partial charge in [0.1, 0.15) is 12.4 Å². The first-order valence-corrected chi connectivity index (χ1v) is 5.04. The van der Waals surface area contributed by atoms with Gasteiger partial charge in [0, 0.05) is 0 Å². The van der Waals surface area contributed by atoms with Crippen LogP contribution in [0, 0.1) is 0 Å².